The third-order valence-electron chi connectivity index (χ3n) is 2.76. The van der Waals surface area contributed by atoms with Crippen LogP contribution in [0.15, 0.2) is 18.2 Å². The van der Waals surface area contributed by atoms with Crippen molar-refractivity contribution >= 4 is 11.7 Å². The second-order valence-electron chi connectivity index (χ2n) is 4.11. The lowest BCUT2D eigenvalue weighted by molar-refractivity contribution is 0.0696. The highest BCUT2D eigenvalue weighted by Gasteiger charge is 2.25. The van der Waals surface area contributed by atoms with Crippen LogP contribution in [0.5, 0.6) is 0 Å². The molecule has 80 valence electrons. The van der Waals surface area contributed by atoms with Gasteiger partial charge in [0.25, 0.3) is 0 Å². The summed E-state index contributed by atoms with van der Waals surface area (Å²) in [6.07, 6.45) is 0. The summed E-state index contributed by atoms with van der Waals surface area (Å²) in [5, 5.41) is 8.89. The molecule has 0 saturated carbocycles. The third-order valence-corrected chi connectivity index (χ3v) is 2.76. The van der Waals surface area contributed by atoms with Gasteiger partial charge in [0, 0.05) is 24.7 Å². The van der Waals surface area contributed by atoms with Gasteiger partial charge in [-0.1, -0.05) is 0 Å². The minimum absolute atomic E-state index is 0.277. The van der Waals surface area contributed by atoms with Crippen LogP contribution in [-0.4, -0.2) is 36.1 Å². The summed E-state index contributed by atoms with van der Waals surface area (Å²) in [6.45, 7) is 1.95. The first-order valence-corrected chi connectivity index (χ1v) is 4.88. The molecule has 1 aliphatic heterocycles. The van der Waals surface area contributed by atoms with E-state index in [9.17, 15) is 4.79 Å². The van der Waals surface area contributed by atoms with Gasteiger partial charge in [-0.3, -0.25) is 0 Å². The Hall–Kier alpha value is -1.55. The van der Waals surface area contributed by atoms with E-state index in [1.54, 1.807) is 6.07 Å². The Labute approximate surface area is 88.3 Å². The molecule has 3 N–H and O–H groups in total. The lowest BCUT2D eigenvalue weighted by atomic mass is 9.90. The van der Waals surface area contributed by atoms with Crippen molar-refractivity contribution in [2.75, 3.05) is 25.9 Å². The highest BCUT2D eigenvalue weighted by Crippen LogP contribution is 2.27. The topological polar surface area (TPSA) is 66.6 Å². The lowest BCUT2D eigenvalue weighted by Gasteiger charge is -2.36. The minimum Gasteiger partial charge on any atom is -0.478 e. The first-order valence-electron chi connectivity index (χ1n) is 4.88. The summed E-state index contributed by atoms with van der Waals surface area (Å²) in [6, 6.07) is 5.08. The molecule has 1 fully saturated rings. The number of likely N-dealkylation sites (tertiary alicyclic amines) is 1. The number of carboxylic acids is 1. The average molecular weight is 206 g/mol. The number of carboxylic acid groups (broad SMARTS) is 1. The van der Waals surface area contributed by atoms with E-state index in [1.807, 2.05) is 13.1 Å². The van der Waals surface area contributed by atoms with Crippen molar-refractivity contribution in [3.05, 3.63) is 29.3 Å². The molecule has 1 heterocycles. The van der Waals surface area contributed by atoms with Gasteiger partial charge in [-0.05, 0) is 30.8 Å². The summed E-state index contributed by atoms with van der Waals surface area (Å²) in [4.78, 5) is 13.0. The van der Waals surface area contributed by atoms with Crippen molar-refractivity contribution in [3.63, 3.8) is 0 Å². The van der Waals surface area contributed by atoms with Crippen LogP contribution in [-0.2, 0) is 0 Å². The summed E-state index contributed by atoms with van der Waals surface area (Å²) in [5.74, 6) is -0.493. The molecule has 0 bridgehead atoms. The van der Waals surface area contributed by atoms with Crippen molar-refractivity contribution in [2.24, 2.45) is 0 Å². The number of benzene rings is 1. The van der Waals surface area contributed by atoms with E-state index in [1.165, 1.54) is 6.07 Å². The van der Waals surface area contributed by atoms with Gasteiger partial charge in [-0.15, -0.1) is 0 Å². The summed E-state index contributed by atoms with van der Waals surface area (Å²) in [5.41, 5.74) is 7.51. The largest absolute Gasteiger partial charge is 0.478 e. The van der Waals surface area contributed by atoms with E-state index in [2.05, 4.69) is 4.90 Å². The van der Waals surface area contributed by atoms with Crippen molar-refractivity contribution in [1.82, 2.24) is 4.90 Å². The number of nitrogen functional groups attached to an aromatic ring is 1. The van der Waals surface area contributed by atoms with Crippen molar-refractivity contribution in [2.45, 2.75) is 5.92 Å². The predicted molar refractivity (Wildman–Crippen MR) is 58.1 cm³/mol. The van der Waals surface area contributed by atoms with Crippen LogP contribution in [0.2, 0.25) is 0 Å². The second kappa shape index (κ2) is 3.55. The maximum Gasteiger partial charge on any atom is 0.335 e. The Balaban J connectivity index is 2.28. The number of nitrogens with zero attached hydrogens (tertiary/aromatic N) is 1. The molecule has 0 unspecified atom stereocenters. The van der Waals surface area contributed by atoms with Crippen LogP contribution in [0.4, 0.5) is 5.69 Å². The zero-order valence-corrected chi connectivity index (χ0v) is 8.60. The summed E-state index contributed by atoms with van der Waals surface area (Å²) in [7, 11) is 2.04. The van der Waals surface area contributed by atoms with Gasteiger partial charge in [-0.2, -0.15) is 0 Å². The second-order valence-corrected chi connectivity index (χ2v) is 4.11. The van der Waals surface area contributed by atoms with E-state index in [-0.39, 0.29) is 5.56 Å². The molecule has 0 spiro atoms. The average Bonchev–Trinajstić information content (AvgIpc) is 2.12. The number of likely N-dealkylation sites (N-methyl/N-ethyl adjacent to an activating group) is 1. The van der Waals surface area contributed by atoms with Crippen molar-refractivity contribution < 1.29 is 9.90 Å². The van der Waals surface area contributed by atoms with Crippen LogP contribution < -0.4 is 5.73 Å². The molecule has 0 aromatic heterocycles. The molecule has 1 aromatic rings. The van der Waals surface area contributed by atoms with E-state index in [0.29, 0.717) is 11.6 Å². The van der Waals surface area contributed by atoms with E-state index < -0.39 is 5.97 Å². The van der Waals surface area contributed by atoms with E-state index in [4.69, 9.17) is 10.8 Å². The highest BCUT2D eigenvalue weighted by molar-refractivity contribution is 5.89. The predicted octanol–water partition coefficient (Wildman–Crippen LogP) is 0.996. The number of rotatable bonds is 2. The van der Waals surface area contributed by atoms with Gasteiger partial charge in [0.15, 0.2) is 0 Å². The maximum absolute atomic E-state index is 10.8. The van der Waals surface area contributed by atoms with Crippen LogP contribution in [0, 0.1) is 0 Å². The number of nitrogens with two attached hydrogens (primary N) is 1. The van der Waals surface area contributed by atoms with Crippen molar-refractivity contribution in [1.29, 1.82) is 0 Å². The van der Waals surface area contributed by atoms with E-state index in [0.717, 1.165) is 18.7 Å². The van der Waals surface area contributed by atoms with Gasteiger partial charge >= 0.3 is 5.97 Å². The van der Waals surface area contributed by atoms with Gasteiger partial charge < -0.3 is 15.7 Å². The highest BCUT2D eigenvalue weighted by atomic mass is 16.4. The van der Waals surface area contributed by atoms with Gasteiger partial charge in [0.1, 0.15) is 0 Å². The third kappa shape index (κ3) is 1.94. The summed E-state index contributed by atoms with van der Waals surface area (Å²) < 4.78 is 0. The molecule has 0 atom stereocenters. The first-order chi connectivity index (χ1) is 7.06. The zero-order valence-electron chi connectivity index (χ0n) is 8.60. The molecule has 15 heavy (non-hydrogen) atoms. The maximum atomic E-state index is 10.8. The molecule has 4 nitrogen and oxygen atoms in total. The molecule has 4 heteroatoms. The fraction of sp³-hybridized carbons (Fsp3) is 0.364. The Morgan fingerprint density at radius 1 is 1.47 bits per heavy atom. The van der Waals surface area contributed by atoms with Crippen molar-refractivity contribution in [3.8, 4) is 0 Å². The molecular formula is C11H14N2O2. The van der Waals surface area contributed by atoms with Crippen LogP contribution in [0.1, 0.15) is 21.8 Å². The normalized spacial score (nSPS) is 17.4. The van der Waals surface area contributed by atoms with Crippen LogP contribution in [0.25, 0.3) is 0 Å². The molecule has 1 aliphatic rings. The quantitative estimate of drug-likeness (QED) is 0.708. The molecule has 1 aromatic carbocycles. The number of aromatic carboxylic acids is 1. The number of hydrogen-bond acceptors (Lipinski definition) is 3. The molecule has 1 saturated heterocycles. The molecule has 2 rings (SSSR count). The smallest absolute Gasteiger partial charge is 0.335 e. The summed E-state index contributed by atoms with van der Waals surface area (Å²) >= 11 is 0. The monoisotopic (exact) mass is 206 g/mol. The minimum atomic E-state index is -0.920. The fourth-order valence-electron chi connectivity index (χ4n) is 1.95. The van der Waals surface area contributed by atoms with Crippen LogP contribution >= 0.6 is 0 Å². The number of carbonyl (C=O) groups is 1. The SMILES string of the molecule is CN1CC(c2cc(N)cc(C(=O)O)c2)C1. The molecule has 0 radical (unpaired) electrons. The first kappa shape index (κ1) is 9.98. The molecular weight excluding hydrogens is 192 g/mol. The number of hydrogen-bond donors (Lipinski definition) is 2. The Kier molecular flexibility index (Phi) is 2.36. The molecule has 0 amide bonds. The lowest BCUT2D eigenvalue weighted by Crippen LogP contribution is -2.41. The van der Waals surface area contributed by atoms with Gasteiger partial charge in [0.2, 0.25) is 0 Å². The van der Waals surface area contributed by atoms with E-state index >= 15 is 0 Å². The fourth-order valence-corrected chi connectivity index (χ4v) is 1.95. The molecule has 0 aliphatic carbocycles. The van der Waals surface area contributed by atoms with Gasteiger partial charge in [0.05, 0.1) is 5.56 Å². The van der Waals surface area contributed by atoms with Gasteiger partial charge in [-0.25, -0.2) is 4.79 Å². The number of anilines is 1. The Bertz CT molecular complexity index is 398. The Morgan fingerprint density at radius 2 is 2.13 bits per heavy atom. The van der Waals surface area contributed by atoms with Crippen LogP contribution in [0.3, 0.4) is 0 Å². The standard InChI is InChI=1S/C11H14N2O2/c1-13-5-9(6-13)7-2-8(11(14)15)4-10(12)3-7/h2-4,9H,5-6,12H2,1H3,(H,14,15). The zero-order chi connectivity index (χ0) is 11.0. The Morgan fingerprint density at radius 3 is 2.67 bits per heavy atom.